The number of nitrogens with zero attached hydrogens (tertiary/aromatic N) is 7. The fourth-order valence-corrected chi connectivity index (χ4v) is 4.05. The Balaban J connectivity index is 1.44. The lowest BCUT2D eigenvalue weighted by Gasteiger charge is -2.33. The molecule has 0 spiro atoms. The van der Waals surface area contributed by atoms with Gasteiger partial charge in [-0.25, -0.2) is 23.7 Å². The number of anilines is 2. The summed E-state index contributed by atoms with van der Waals surface area (Å²) in [5.74, 6) is -0.299. The molecule has 1 unspecified atom stereocenters. The van der Waals surface area contributed by atoms with Gasteiger partial charge < -0.3 is 14.8 Å². The summed E-state index contributed by atoms with van der Waals surface area (Å²) in [5.41, 5.74) is 2.33. The Morgan fingerprint density at radius 3 is 2.65 bits per heavy atom. The number of imidazole rings is 1. The predicted octanol–water partition coefficient (Wildman–Crippen LogP) is 3.45. The molecule has 1 amide bonds. The zero-order valence-electron chi connectivity index (χ0n) is 18.8. The molecule has 0 aliphatic carbocycles. The van der Waals surface area contributed by atoms with Crippen molar-refractivity contribution in [3.63, 3.8) is 0 Å². The van der Waals surface area contributed by atoms with E-state index in [1.807, 2.05) is 13.8 Å². The highest BCUT2D eigenvalue weighted by atomic mass is 19.1. The van der Waals surface area contributed by atoms with Gasteiger partial charge in [0.25, 0.3) is 5.91 Å². The van der Waals surface area contributed by atoms with Gasteiger partial charge in [-0.15, -0.1) is 0 Å². The molecule has 1 aliphatic rings. The minimum absolute atomic E-state index is 0.0855. The van der Waals surface area contributed by atoms with E-state index in [2.05, 4.69) is 25.4 Å². The molecule has 0 radical (unpaired) electrons. The van der Waals surface area contributed by atoms with Crippen molar-refractivity contribution in [3.05, 3.63) is 71.4 Å². The van der Waals surface area contributed by atoms with E-state index in [-0.39, 0.29) is 24.3 Å². The van der Waals surface area contributed by atoms with E-state index in [0.717, 1.165) is 17.4 Å². The quantitative estimate of drug-likeness (QED) is 0.486. The third kappa shape index (κ3) is 4.00. The van der Waals surface area contributed by atoms with Gasteiger partial charge in [0.1, 0.15) is 23.1 Å². The van der Waals surface area contributed by atoms with Crippen LogP contribution in [0, 0.1) is 18.6 Å². The minimum Gasteiger partial charge on any atom is -0.327 e. The van der Waals surface area contributed by atoms with E-state index in [9.17, 15) is 13.6 Å². The molecule has 1 N–H and O–H groups in total. The summed E-state index contributed by atoms with van der Waals surface area (Å²) < 4.78 is 30.7. The molecule has 1 atom stereocenters. The predicted molar refractivity (Wildman–Crippen MR) is 120 cm³/mol. The number of halogens is 2. The highest BCUT2D eigenvalue weighted by molar-refractivity contribution is 5.92. The molecule has 34 heavy (non-hydrogen) atoms. The molecule has 4 aromatic rings. The molecule has 1 aromatic carbocycles. The first-order chi connectivity index (χ1) is 16.3. The summed E-state index contributed by atoms with van der Waals surface area (Å²) in [7, 11) is 1.80. The molecule has 4 heterocycles. The minimum atomic E-state index is -0.675. The lowest BCUT2D eigenvalue weighted by molar-refractivity contribution is 0.0586. The van der Waals surface area contributed by atoms with Crippen molar-refractivity contribution >= 4 is 17.7 Å². The van der Waals surface area contributed by atoms with Crippen LogP contribution in [0.4, 0.5) is 20.5 Å². The fraction of sp³-hybridized carbons (Fsp3) is 0.261. The Labute approximate surface area is 194 Å². The summed E-state index contributed by atoms with van der Waals surface area (Å²) in [6.07, 6.45) is 5.15. The molecular weight excluding hydrogens is 442 g/mol. The Kier molecular flexibility index (Phi) is 5.31. The molecule has 0 fully saturated rings. The molecule has 5 rings (SSSR count). The molecule has 1 aliphatic heterocycles. The first-order valence-electron chi connectivity index (χ1n) is 10.7. The van der Waals surface area contributed by atoms with Crippen LogP contribution in [0.1, 0.15) is 28.7 Å². The van der Waals surface area contributed by atoms with Crippen molar-refractivity contribution in [2.24, 2.45) is 7.05 Å². The van der Waals surface area contributed by atoms with Gasteiger partial charge in [-0.3, -0.25) is 9.48 Å². The number of rotatable bonds is 5. The van der Waals surface area contributed by atoms with Crippen LogP contribution >= 0.6 is 0 Å². The number of hydrogen-bond donors (Lipinski definition) is 1. The van der Waals surface area contributed by atoms with Crippen molar-refractivity contribution < 1.29 is 13.6 Å². The van der Waals surface area contributed by atoms with Gasteiger partial charge in [0.05, 0.1) is 11.9 Å². The molecule has 9 nitrogen and oxygen atoms in total. The van der Waals surface area contributed by atoms with Crippen molar-refractivity contribution in [2.45, 2.75) is 33.0 Å². The molecule has 0 saturated heterocycles. The van der Waals surface area contributed by atoms with Gasteiger partial charge in [-0.05, 0) is 37.1 Å². The third-order valence-corrected chi connectivity index (χ3v) is 5.77. The van der Waals surface area contributed by atoms with Crippen LogP contribution in [0.2, 0.25) is 0 Å². The Morgan fingerprint density at radius 2 is 1.94 bits per heavy atom. The van der Waals surface area contributed by atoms with Crippen LogP contribution in [0.25, 0.3) is 11.4 Å². The molecule has 3 aromatic heterocycles. The maximum Gasteiger partial charge on any atom is 0.290 e. The Morgan fingerprint density at radius 1 is 1.18 bits per heavy atom. The van der Waals surface area contributed by atoms with Crippen LogP contribution in [-0.2, 0) is 20.1 Å². The second-order valence-electron chi connectivity index (χ2n) is 8.35. The number of hydrogen-bond acceptors (Lipinski definition) is 6. The van der Waals surface area contributed by atoms with Crippen LogP contribution in [-0.4, -0.2) is 46.1 Å². The lowest BCUT2D eigenvalue weighted by atomic mass is 10.1. The van der Waals surface area contributed by atoms with Crippen molar-refractivity contribution in [2.75, 3.05) is 5.32 Å². The van der Waals surface area contributed by atoms with E-state index in [0.29, 0.717) is 29.4 Å². The zero-order chi connectivity index (χ0) is 24.0. The number of carbonyl (C=O) groups excluding carboxylic acids is 1. The number of aryl methyl sites for hydroxylation is 2. The van der Waals surface area contributed by atoms with E-state index in [1.165, 1.54) is 12.1 Å². The largest absolute Gasteiger partial charge is 0.327 e. The lowest BCUT2D eigenvalue weighted by Crippen LogP contribution is -2.46. The van der Waals surface area contributed by atoms with E-state index in [4.69, 9.17) is 0 Å². The maximum atomic E-state index is 13.6. The van der Waals surface area contributed by atoms with Crippen LogP contribution in [0.3, 0.4) is 0 Å². The molecular formula is C23H22F2N8O. The van der Waals surface area contributed by atoms with E-state index in [1.54, 1.807) is 45.9 Å². The van der Waals surface area contributed by atoms with Gasteiger partial charge in [0, 0.05) is 50.7 Å². The van der Waals surface area contributed by atoms with Crippen LogP contribution in [0.5, 0.6) is 0 Å². The SMILES string of the molecule is Cc1cnc(Nc2ccnn2C)nc1-c1cn2c(n1)C(=O)N(Cc1cc(F)cc(F)c1)C(C)C2. The van der Waals surface area contributed by atoms with Crippen molar-refractivity contribution in [1.29, 1.82) is 0 Å². The number of nitrogens with one attached hydrogen (secondary N) is 1. The van der Waals surface area contributed by atoms with Crippen LogP contribution in [0.15, 0.2) is 42.9 Å². The number of benzene rings is 1. The first kappa shape index (κ1) is 21.7. The van der Waals surface area contributed by atoms with Crippen LogP contribution < -0.4 is 5.32 Å². The zero-order valence-corrected chi connectivity index (χ0v) is 18.8. The highest BCUT2D eigenvalue weighted by Crippen LogP contribution is 2.27. The molecule has 0 saturated carbocycles. The van der Waals surface area contributed by atoms with Gasteiger partial charge >= 0.3 is 0 Å². The summed E-state index contributed by atoms with van der Waals surface area (Å²) >= 11 is 0. The van der Waals surface area contributed by atoms with E-state index >= 15 is 0 Å². The fourth-order valence-electron chi connectivity index (χ4n) is 4.05. The second-order valence-corrected chi connectivity index (χ2v) is 8.35. The van der Waals surface area contributed by atoms with Crippen molar-refractivity contribution in [3.8, 4) is 11.4 Å². The standard InChI is InChI=1S/C23H22F2N8O/c1-13-9-26-23(29-19-4-5-27-31(19)3)30-20(13)18-12-32-10-14(2)33(22(34)21(32)28-18)11-15-6-16(24)8-17(25)7-15/h4-9,12,14H,10-11H2,1-3H3,(H,26,29,30). The summed E-state index contributed by atoms with van der Waals surface area (Å²) in [6.45, 7) is 4.34. The maximum absolute atomic E-state index is 13.6. The molecule has 11 heteroatoms. The second kappa shape index (κ2) is 8.32. The normalized spacial score (nSPS) is 15.5. The van der Waals surface area contributed by atoms with E-state index < -0.39 is 11.6 Å². The number of fused-ring (bicyclic) bond motifs is 1. The number of carbonyl (C=O) groups is 1. The Hall–Kier alpha value is -4.15. The van der Waals surface area contributed by atoms with Crippen molar-refractivity contribution in [1.82, 2.24) is 34.2 Å². The summed E-state index contributed by atoms with van der Waals surface area (Å²) in [4.78, 5) is 28.3. The van der Waals surface area contributed by atoms with Gasteiger partial charge in [0.2, 0.25) is 5.95 Å². The summed E-state index contributed by atoms with van der Waals surface area (Å²) in [5, 5.41) is 7.23. The smallest absolute Gasteiger partial charge is 0.290 e. The average Bonchev–Trinajstić information content (AvgIpc) is 3.38. The number of aromatic nitrogens is 6. The van der Waals surface area contributed by atoms with Gasteiger partial charge in [0.15, 0.2) is 5.82 Å². The Bertz CT molecular complexity index is 1380. The van der Waals surface area contributed by atoms with Gasteiger partial charge in [-0.2, -0.15) is 5.10 Å². The summed E-state index contributed by atoms with van der Waals surface area (Å²) in [6, 6.07) is 4.89. The topological polar surface area (TPSA) is 93.8 Å². The third-order valence-electron chi connectivity index (χ3n) is 5.77. The molecule has 174 valence electrons. The average molecular weight is 464 g/mol. The molecule has 0 bridgehead atoms. The highest BCUT2D eigenvalue weighted by Gasteiger charge is 2.32. The van der Waals surface area contributed by atoms with Gasteiger partial charge in [-0.1, -0.05) is 0 Å². The first-order valence-corrected chi connectivity index (χ1v) is 10.7. The monoisotopic (exact) mass is 464 g/mol. The number of amides is 1.